The average molecular weight is 533 g/mol. The second-order valence-corrected chi connectivity index (χ2v) is 10.4. The molecule has 9 nitrogen and oxygen atoms in total. The Morgan fingerprint density at radius 3 is 2.55 bits per heavy atom. The van der Waals surface area contributed by atoms with E-state index in [0.717, 1.165) is 49.0 Å². The number of rotatable bonds is 7. The van der Waals surface area contributed by atoms with Crippen molar-refractivity contribution in [1.29, 1.82) is 5.41 Å². The molecule has 38 heavy (non-hydrogen) atoms. The molecule has 1 spiro atoms. The first-order chi connectivity index (χ1) is 18.1. The first-order valence-electron chi connectivity index (χ1n) is 12.9. The number of alkyl halides is 3. The normalized spacial score (nSPS) is 21.9. The van der Waals surface area contributed by atoms with Crippen LogP contribution < -0.4 is 9.64 Å². The SMILES string of the molecule is CC(C)N(CC(F)(F)F)C(=N)OCc1ncc2c(n1)N(C1CCC(Oc3ccccn3)CC1)C(=O)C21CC1. The fourth-order valence-corrected chi connectivity index (χ4v) is 5.29. The Balaban J connectivity index is 1.27. The summed E-state index contributed by atoms with van der Waals surface area (Å²) in [6.45, 7) is 1.56. The van der Waals surface area contributed by atoms with E-state index in [4.69, 9.17) is 14.9 Å². The molecule has 1 amide bonds. The minimum Gasteiger partial charge on any atom is -0.474 e. The average Bonchev–Trinajstić information content (AvgIpc) is 3.65. The van der Waals surface area contributed by atoms with Crippen molar-refractivity contribution in [3.63, 3.8) is 0 Å². The second kappa shape index (κ2) is 10.0. The van der Waals surface area contributed by atoms with E-state index in [2.05, 4.69) is 15.0 Å². The summed E-state index contributed by atoms with van der Waals surface area (Å²) in [5.74, 6) is 1.40. The van der Waals surface area contributed by atoms with Crippen LogP contribution >= 0.6 is 0 Å². The highest BCUT2D eigenvalue weighted by atomic mass is 19.4. The number of pyridine rings is 1. The number of ether oxygens (including phenoxy) is 2. The Labute approximate surface area is 218 Å². The Morgan fingerprint density at radius 1 is 1.21 bits per heavy atom. The van der Waals surface area contributed by atoms with Crippen LogP contribution in [0, 0.1) is 5.41 Å². The number of hydrogen-bond donors (Lipinski definition) is 1. The first-order valence-corrected chi connectivity index (χ1v) is 12.9. The number of nitrogens with one attached hydrogen (secondary N) is 1. The Hall–Kier alpha value is -3.44. The summed E-state index contributed by atoms with van der Waals surface area (Å²) < 4.78 is 50.2. The van der Waals surface area contributed by atoms with E-state index in [1.54, 1.807) is 31.1 Å². The fourth-order valence-electron chi connectivity index (χ4n) is 5.29. The number of hydrogen-bond acceptors (Lipinski definition) is 7. The van der Waals surface area contributed by atoms with Crippen LogP contribution in [0.1, 0.15) is 63.8 Å². The molecule has 2 saturated carbocycles. The first kappa shape index (κ1) is 26.2. The lowest BCUT2D eigenvalue weighted by molar-refractivity contribution is -0.142. The maximum absolute atomic E-state index is 13.5. The number of carbonyl (C=O) groups excluding carboxylic acids is 1. The third-order valence-electron chi connectivity index (χ3n) is 7.45. The molecule has 5 rings (SSSR count). The van der Waals surface area contributed by atoms with Gasteiger partial charge in [0.2, 0.25) is 11.8 Å². The molecule has 1 aliphatic heterocycles. The number of halogens is 3. The molecule has 0 saturated heterocycles. The molecular formula is C26H31F3N6O3. The van der Waals surface area contributed by atoms with Crippen molar-refractivity contribution in [2.75, 3.05) is 11.4 Å². The number of amidine groups is 1. The van der Waals surface area contributed by atoms with Crippen LogP contribution in [-0.4, -0.2) is 62.7 Å². The van der Waals surface area contributed by atoms with Gasteiger partial charge in [0.25, 0.3) is 6.02 Å². The molecule has 2 aromatic rings. The van der Waals surface area contributed by atoms with Crippen molar-refractivity contribution < 1.29 is 27.4 Å². The third kappa shape index (κ3) is 5.25. The number of anilines is 1. The molecule has 3 heterocycles. The summed E-state index contributed by atoms with van der Waals surface area (Å²) in [5.41, 5.74) is 0.234. The maximum Gasteiger partial charge on any atom is 0.406 e. The molecule has 2 fully saturated rings. The van der Waals surface area contributed by atoms with Gasteiger partial charge in [0.15, 0.2) is 12.4 Å². The lowest BCUT2D eigenvalue weighted by Gasteiger charge is -2.34. The van der Waals surface area contributed by atoms with Crippen LogP contribution in [0.15, 0.2) is 30.6 Å². The van der Waals surface area contributed by atoms with Crippen molar-refractivity contribution in [1.82, 2.24) is 19.9 Å². The van der Waals surface area contributed by atoms with Crippen LogP contribution in [0.4, 0.5) is 19.0 Å². The highest BCUT2D eigenvalue weighted by Gasteiger charge is 2.61. The predicted molar refractivity (Wildman–Crippen MR) is 132 cm³/mol. The molecule has 0 radical (unpaired) electrons. The molecule has 1 N–H and O–H groups in total. The molecule has 0 bridgehead atoms. The van der Waals surface area contributed by atoms with Gasteiger partial charge in [-0.15, -0.1) is 0 Å². The van der Waals surface area contributed by atoms with Crippen LogP contribution in [-0.2, 0) is 21.6 Å². The molecular weight excluding hydrogens is 501 g/mol. The quantitative estimate of drug-likeness (QED) is 0.417. The molecule has 12 heteroatoms. The van der Waals surface area contributed by atoms with Crippen LogP contribution in [0.5, 0.6) is 5.88 Å². The summed E-state index contributed by atoms with van der Waals surface area (Å²) in [6.07, 6.45) is 3.43. The molecule has 0 atom stereocenters. The monoisotopic (exact) mass is 532 g/mol. The maximum atomic E-state index is 13.5. The minimum absolute atomic E-state index is 0.0224. The lowest BCUT2D eigenvalue weighted by Crippen LogP contribution is -2.44. The van der Waals surface area contributed by atoms with Gasteiger partial charge in [-0.25, -0.2) is 15.0 Å². The van der Waals surface area contributed by atoms with Crippen molar-refractivity contribution in [3.8, 4) is 5.88 Å². The van der Waals surface area contributed by atoms with E-state index < -0.39 is 30.2 Å². The van der Waals surface area contributed by atoms with Crippen LogP contribution in [0.25, 0.3) is 0 Å². The second-order valence-electron chi connectivity index (χ2n) is 10.4. The number of amides is 1. The lowest BCUT2D eigenvalue weighted by atomic mass is 9.91. The van der Waals surface area contributed by atoms with Gasteiger partial charge >= 0.3 is 6.18 Å². The Kier molecular flexibility index (Phi) is 6.91. The zero-order valence-corrected chi connectivity index (χ0v) is 21.4. The smallest absolute Gasteiger partial charge is 0.406 e. The number of aromatic nitrogens is 3. The number of fused-ring (bicyclic) bond motifs is 2. The van der Waals surface area contributed by atoms with Crippen LogP contribution in [0.2, 0.25) is 0 Å². The number of carbonyl (C=O) groups is 1. The molecule has 2 aromatic heterocycles. The summed E-state index contributed by atoms with van der Waals surface area (Å²) >= 11 is 0. The Morgan fingerprint density at radius 2 is 1.95 bits per heavy atom. The highest BCUT2D eigenvalue weighted by Crippen LogP contribution is 2.57. The molecule has 0 aromatic carbocycles. The van der Waals surface area contributed by atoms with E-state index in [1.165, 1.54) is 0 Å². The zero-order valence-electron chi connectivity index (χ0n) is 21.4. The van der Waals surface area contributed by atoms with Crippen molar-refractivity contribution in [2.24, 2.45) is 0 Å². The zero-order chi connectivity index (χ0) is 27.1. The summed E-state index contributed by atoms with van der Waals surface area (Å²) in [5, 5.41) is 8.03. The summed E-state index contributed by atoms with van der Waals surface area (Å²) in [6, 6.07) is 4.33. The Bertz CT molecular complexity index is 1180. The van der Waals surface area contributed by atoms with Gasteiger partial charge in [-0.05, 0) is 58.4 Å². The van der Waals surface area contributed by atoms with Gasteiger partial charge < -0.3 is 14.4 Å². The van der Waals surface area contributed by atoms with Crippen molar-refractivity contribution in [2.45, 2.75) is 88.8 Å². The molecule has 0 unspecified atom stereocenters. The van der Waals surface area contributed by atoms with Gasteiger partial charge in [0, 0.05) is 36.1 Å². The number of nitrogens with zero attached hydrogens (tertiary/aromatic N) is 5. The van der Waals surface area contributed by atoms with Gasteiger partial charge in [0.05, 0.1) is 5.41 Å². The molecule has 3 aliphatic rings. The van der Waals surface area contributed by atoms with E-state index in [1.807, 2.05) is 18.2 Å². The van der Waals surface area contributed by atoms with E-state index >= 15 is 0 Å². The predicted octanol–water partition coefficient (Wildman–Crippen LogP) is 4.36. The minimum atomic E-state index is -4.47. The van der Waals surface area contributed by atoms with Crippen LogP contribution in [0.3, 0.4) is 0 Å². The molecule has 204 valence electrons. The summed E-state index contributed by atoms with van der Waals surface area (Å²) in [7, 11) is 0. The van der Waals surface area contributed by atoms with Crippen molar-refractivity contribution >= 4 is 17.7 Å². The van der Waals surface area contributed by atoms with Gasteiger partial charge in [-0.2, -0.15) is 13.2 Å². The summed E-state index contributed by atoms with van der Waals surface area (Å²) in [4.78, 5) is 29.3. The van der Waals surface area contributed by atoms with E-state index in [-0.39, 0.29) is 30.5 Å². The molecule has 2 aliphatic carbocycles. The standard InChI is InChI=1S/C26H31F3N6O3/c1-16(2)34(15-26(27,28)29)24(30)37-14-20-32-13-19-22(33-20)35(23(36)25(19)10-11-25)17-6-8-18(9-7-17)38-21-5-3-4-12-31-21/h3-5,12-13,16-18,30H,6-11,14-15H2,1-2H3. The largest absolute Gasteiger partial charge is 0.474 e. The van der Waals surface area contributed by atoms with Gasteiger partial charge in [-0.3, -0.25) is 15.1 Å². The van der Waals surface area contributed by atoms with E-state index in [0.29, 0.717) is 11.7 Å². The highest BCUT2D eigenvalue weighted by molar-refractivity contribution is 6.09. The topological polar surface area (TPSA) is 105 Å². The van der Waals surface area contributed by atoms with E-state index in [9.17, 15) is 18.0 Å². The van der Waals surface area contributed by atoms with Gasteiger partial charge in [-0.1, -0.05) is 6.07 Å². The van der Waals surface area contributed by atoms with Crippen molar-refractivity contribution in [3.05, 3.63) is 42.0 Å². The van der Waals surface area contributed by atoms with Gasteiger partial charge in [0.1, 0.15) is 18.5 Å². The fraction of sp³-hybridized carbons (Fsp3) is 0.577. The third-order valence-corrected chi connectivity index (χ3v) is 7.45.